The van der Waals surface area contributed by atoms with Crippen molar-refractivity contribution < 1.29 is 14.7 Å². The van der Waals surface area contributed by atoms with Gasteiger partial charge in [-0.05, 0) is 18.3 Å². The third-order valence-electron chi connectivity index (χ3n) is 2.70. The van der Waals surface area contributed by atoms with Gasteiger partial charge in [0.25, 0.3) is 0 Å². The van der Waals surface area contributed by atoms with Crippen LogP contribution in [0.3, 0.4) is 0 Å². The largest absolute Gasteiger partial charge is 0.394 e. The molecule has 0 rings (SSSR count). The second-order valence-corrected chi connectivity index (χ2v) is 5.76. The van der Waals surface area contributed by atoms with Crippen molar-refractivity contribution in [3.63, 3.8) is 0 Å². The van der Waals surface area contributed by atoms with Gasteiger partial charge in [-0.25, -0.2) is 0 Å². The Labute approximate surface area is 116 Å². The van der Waals surface area contributed by atoms with E-state index >= 15 is 0 Å². The minimum atomic E-state index is -0.623. The number of hydrogen-bond acceptors (Lipinski definition) is 3. The van der Waals surface area contributed by atoms with Gasteiger partial charge in [0.15, 0.2) is 0 Å². The van der Waals surface area contributed by atoms with Gasteiger partial charge in [0.1, 0.15) is 0 Å². The summed E-state index contributed by atoms with van der Waals surface area (Å²) >= 11 is 0. The second kappa shape index (κ2) is 8.91. The predicted octanol–water partition coefficient (Wildman–Crippen LogP) is 1.01. The van der Waals surface area contributed by atoms with E-state index in [2.05, 4.69) is 5.32 Å². The Bertz CT molecular complexity index is 276. The van der Waals surface area contributed by atoms with Gasteiger partial charge in [-0.2, -0.15) is 0 Å². The zero-order valence-electron chi connectivity index (χ0n) is 12.8. The van der Waals surface area contributed by atoms with Gasteiger partial charge in [0.2, 0.25) is 0 Å². The van der Waals surface area contributed by atoms with E-state index in [1.165, 1.54) is 0 Å². The second-order valence-electron chi connectivity index (χ2n) is 5.76. The Morgan fingerprint density at radius 2 is 1.58 bits per heavy atom. The SMILES string of the molecule is CCC(CO)NC(=O)C(=O)N(CC(C)C)CC(C)C. The molecule has 0 aromatic heterocycles. The van der Waals surface area contributed by atoms with E-state index in [-0.39, 0.29) is 12.6 Å². The van der Waals surface area contributed by atoms with E-state index in [9.17, 15) is 9.59 Å². The normalized spacial score (nSPS) is 12.6. The number of rotatable bonds is 7. The number of aliphatic hydroxyl groups is 1. The van der Waals surface area contributed by atoms with E-state index in [1.807, 2.05) is 34.6 Å². The molecule has 19 heavy (non-hydrogen) atoms. The summed E-state index contributed by atoms with van der Waals surface area (Å²) in [6.45, 7) is 10.9. The molecule has 5 heteroatoms. The maximum atomic E-state index is 12.1. The van der Waals surface area contributed by atoms with Crippen LogP contribution in [0.25, 0.3) is 0 Å². The van der Waals surface area contributed by atoms with Crippen molar-refractivity contribution in [3.8, 4) is 0 Å². The highest BCUT2D eigenvalue weighted by Crippen LogP contribution is 2.05. The number of hydrogen-bond donors (Lipinski definition) is 2. The zero-order chi connectivity index (χ0) is 15.0. The molecule has 2 N–H and O–H groups in total. The highest BCUT2D eigenvalue weighted by molar-refractivity contribution is 6.35. The molecule has 0 bridgehead atoms. The summed E-state index contributed by atoms with van der Waals surface area (Å²) in [7, 11) is 0. The molecular formula is C14H28N2O3. The molecule has 0 radical (unpaired) electrons. The lowest BCUT2D eigenvalue weighted by molar-refractivity contribution is -0.147. The smallest absolute Gasteiger partial charge is 0.311 e. The molecule has 0 aliphatic heterocycles. The molecule has 5 nitrogen and oxygen atoms in total. The average Bonchev–Trinajstić information content (AvgIpc) is 2.32. The molecule has 0 saturated carbocycles. The number of aliphatic hydroxyl groups excluding tert-OH is 1. The average molecular weight is 272 g/mol. The maximum Gasteiger partial charge on any atom is 0.311 e. The van der Waals surface area contributed by atoms with Crippen molar-refractivity contribution in [3.05, 3.63) is 0 Å². The summed E-state index contributed by atoms with van der Waals surface area (Å²) in [5.74, 6) is -0.498. The third kappa shape index (κ3) is 7.15. The fourth-order valence-corrected chi connectivity index (χ4v) is 1.79. The Morgan fingerprint density at radius 3 is 1.89 bits per heavy atom. The molecule has 112 valence electrons. The van der Waals surface area contributed by atoms with Crippen LogP contribution in [0, 0.1) is 11.8 Å². The lowest BCUT2D eigenvalue weighted by Gasteiger charge is -2.26. The third-order valence-corrected chi connectivity index (χ3v) is 2.70. The van der Waals surface area contributed by atoms with Gasteiger partial charge in [-0.15, -0.1) is 0 Å². The molecular weight excluding hydrogens is 244 g/mol. The molecule has 1 unspecified atom stereocenters. The Morgan fingerprint density at radius 1 is 1.11 bits per heavy atom. The first-order chi connectivity index (χ1) is 8.81. The molecule has 0 heterocycles. The number of nitrogens with one attached hydrogen (secondary N) is 1. The molecule has 0 aromatic carbocycles. The van der Waals surface area contributed by atoms with Crippen LogP contribution in [0.15, 0.2) is 0 Å². The standard InChI is InChI=1S/C14H28N2O3/c1-6-12(9-17)15-13(18)14(19)16(7-10(2)3)8-11(4)5/h10-12,17H,6-9H2,1-5H3,(H,15,18). The van der Waals surface area contributed by atoms with Gasteiger partial charge >= 0.3 is 11.8 Å². The van der Waals surface area contributed by atoms with Crippen LogP contribution in [0.5, 0.6) is 0 Å². The summed E-state index contributed by atoms with van der Waals surface area (Å²) in [5, 5.41) is 11.6. The summed E-state index contributed by atoms with van der Waals surface area (Å²) in [6, 6.07) is -0.351. The first-order valence-corrected chi connectivity index (χ1v) is 7.02. The molecule has 0 saturated heterocycles. The van der Waals surface area contributed by atoms with Crippen LogP contribution in [-0.4, -0.2) is 47.6 Å². The van der Waals surface area contributed by atoms with E-state index in [0.29, 0.717) is 31.3 Å². The van der Waals surface area contributed by atoms with Crippen molar-refractivity contribution in [2.24, 2.45) is 11.8 Å². The van der Waals surface area contributed by atoms with Crippen LogP contribution >= 0.6 is 0 Å². The van der Waals surface area contributed by atoms with Crippen LogP contribution < -0.4 is 5.32 Å². The number of carbonyl (C=O) groups excluding carboxylic acids is 2. The fraction of sp³-hybridized carbons (Fsp3) is 0.857. The number of nitrogens with zero attached hydrogens (tertiary/aromatic N) is 1. The molecule has 0 aliphatic rings. The first-order valence-electron chi connectivity index (χ1n) is 7.02. The lowest BCUT2D eigenvalue weighted by Crippen LogP contribution is -2.49. The molecule has 0 aromatic rings. The number of carbonyl (C=O) groups is 2. The molecule has 0 fully saturated rings. The Kier molecular flexibility index (Phi) is 8.39. The maximum absolute atomic E-state index is 12.1. The molecule has 1 atom stereocenters. The van der Waals surface area contributed by atoms with Crippen molar-refractivity contribution in [1.29, 1.82) is 0 Å². The summed E-state index contributed by atoms with van der Waals surface area (Å²) < 4.78 is 0. The summed E-state index contributed by atoms with van der Waals surface area (Å²) in [6.07, 6.45) is 0.601. The number of amides is 2. The zero-order valence-corrected chi connectivity index (χ0v) is 12.8. The lowest BCUT2D eigenvalue weighted by atomic mass is 10.1. The van der Waals surface area contributed by atoms with Crippen LogP contribution in [0.1, 0.15) is 41.0 Å². The first kappa shape index (κ1) is 17.9. The van der Waals surface area contributed by atoms with Gasteiger partial charge in [0.05, 0.1) is 12.6 Å². The molecule has 2 amide bonds. The minimum absolute atomic E-state index is 0.149. The van der Waals surface area contributed by atoms with Gasteiger partial charge in [-0.3, -0.25) is 9.59 Å². The van der Waals surface area contributed by atoms with Gasteiger partial charge in [-0.1, -0.05) is 34.6 Å². The van der Waals surface area contributed by atoms with Crippen LogP contribution in [0.4, 0.5) is 0 Å². The quantitative estimate of drug-likeness (QED) is 0.680. The minimum Gasteiger partial charge on any atom is -0.394 e. The molecule has 0 spiro atoms. The highest BCUT2D eigenvalue weighted by atomic mass is 16.3. The summed E-state index contributed by atoms with van der Waals surface area (Å²) in [4.78, 5) is 25.6. The fourth-order valence-electron chi connectivity index (χ4n) is 1.79. The van der Waals surface area contributed by atoms with E-state index in [1.54, 1.807) is 4.90 Å². The van der Waals surface area contributed by atoms with Crippen molar-refractivity contribution in [2.45, 2.75) is 47.1 Å². The predicted molar refractivity (Wildman–Crippen MR) is 75.6 cm³/mol. The Balaban J connectivity index is 4.63. The summed E-state index contributed by atoms with van der Waals surface area (Å²) in [5.41, 5.74) is 0. The molecule has 0 aliphatic carbocycles. The van der Waals surface area contributed by atoms with Crippen molar-refractivity contribution in [1.82, 2.24) is 10.2 Å². The van der Waals surface area contributed by atoms with Crippen LogP contribution in [0.2, 0.25) is 0 Å². The van der Waals surface area contributed by atoms with E-state index < -0.39 is 11.8 Å². The topological polar surface area (TPSA) is 69.6 Å². The van der Waals surface area contributed by atoms with E-state index in [4.69, 9.17) is 5.11 Å². The highest BCUT2D eigenvalue weighted by Gasteiger charge is 2.24. The van der Waals surface area contributed by atoms with Crippen LogP contribution in [-0.2, 0) is 9.59 Å². The van der Waals surface area contributed by atoms with Gasteiger partial charge in [0, 0.05) is 13.1 Å². The van der Waals surface area contributed by atoms with Gasteiger partial charge < -0.3 is 15.3 Å². The van der Waals surface area contributed by atoms with Crippen molar-refractivity contribution in [2.75, 3.05) is 19.7 Å². The van der Waals surface area contributed by atoms with Crippen molar-refractivity contribution >= 4 is 11.8 Å². The van der Waals surface area contributed by atoms with E-state index in [0.717, 1.165) is 0 Å². The Hall–Kier alpha value is -1.10. The monoisotopic (exact) mass is 272 g/mol.